The molecule has 1 atom stereocenters. The number of benzene rings is 1. The average molecular weight is 221 g/mol. The molecular formula is C13H23N3. The quantitative estimate of drug-likeness (QED) is 0.694. The topological polar surface area (TPSA) is 64.1 Å². The van der Waals surface area contributed by atoms with E-state index in [0.717, 1.165) is 13.1 Å². The summed E-state index contributed by atoms with van der Waals surface area (Å²) in [6.07, 6.45) is 0. The third-order valence-electron chi connectivity index (χ3n) is 2.98. The Bertz CT molecular complexity index is 347. The van der Waals surface area contributed by atoms with E-state index in [0.29, 0.717) is 6.54 Å². The Balaban J connectivity index is 2.57. The van der Waals surface area contributed by atoms with Gasteiger partial charge in [-0.15, -0.1) is 0 Å². The average Bonchev–Trinajstić information content (AvgIpc) is 2.25. The van der Waals surface area contributed by atoms with Gasteiger partial charge in [-0.25, -0.2) is 0 Å². The minimum atomic E-state index is 0.0480. The molecule has 0 aromatic heterocycles. The molecule has 0 fully saturated rings. The van der Waals surface area contributed by atoms with Crippen LogP contribution >= 0.6 is 0 Å². The van der Waals surface area contributed by atoms with Crippen LogP contribution in [0.2, 0.25) is 0 Å². The van der Waals surface area contributed by atoms with Crippen molar-refractivity contribution in [3.05, 3.63) is 34.4 Å². The van der Waals surface area contributed by atoms with Crippen molar-refractivity contribution >= 4 is 0 Å². The molecule has 0 aliphatic rings. The molecule has 0 aliphatic heterocycles. The van der Waals surface area contributed by atoms with E-state index in [1.165, 1.54) is 22.3 Å². The van der Waals surface area contributed by atoms with Crippen LogP contribution in [0.1, 0.15) is 22.3 Å². The lowest BCUT2D eigenvalue weighted by molar-refractivity contribution is 0.581. The highest BCUT2D eigenvalue weighted by Gasteiger charge is 2.03. The summed E-state index contributed by atoms with van der Waals surface area (Å²) >= 11 is 0. The van der Waals surface area contributed by atoms with Crippen LogP contribution in [-0.2, 0) is 6.54 Å². The lowest BCUT2D eigenvalue weighted by atomic mass is 10.0. The molecule has 0 bridgehead atoms. The second kappa shape index (κ2) is 5.99. The Morgan fingerprint density at radius 2 is 1.75 bits per heavy atom. The van der Waals surface area contributed by atoms with Gasteiger partial charge in [0.1, 0.15) is 0 Å². The molecule has 1 aromatic carbocycles. The second-order valence-electron chi connectivity index (χ2n) is 4.49. The number of hydrogen-bond donors (Lipinski definition) is 3. The largest absolute Gasteiger partial charge is 0.329 e. The number of rotatable bonds is 5. The van der Waals surface area contributed by atoms with Gasteiger partial charge in [0, 0.05) is 25.7 Å². The summed E-state index contributed by atoms with van der Waals surface area (Å²) in [5.74, 6) is 0. The zero-order valence-electron chi connectivity index (χ0n) is 10.5. The number of nitrogens with two attached hydrogens (primary N) is 2. The first-order chi connectivity index (χ1) is 7.54. The van der Waals surface area contributed by atoms with Crippen LogP contribution in [0.25, 0.3) is 0 Å². The maximum absolute atomic E-state index is 5.74. The van der Waals surface area contributed by atoms with Gasteiger partial charge in [-0.1, -0.05) is 12.1 Å². The van der Waals surface area contributed by atoms with Gasteiger partial charge in [-0.2, -0.15) is 0 Å². The third kappa shape index (κ3) is 3.59. The molecular weight excluding hydrogens is 198 g/mol. The SMILES string of the molecule is Cc1cc(C)c(CNCC(N)CN)cc1C. The van der Waals surface area contributed by atoms with Gasteiger partial charge < -0.3 is 16.8 Å². The highest BCUT2D eigenvalue weighted by molar-refractivity contribution is 5.36. The molecule has 0 saturated carbocycles. The van der Waals surface area contributed by atoms with Gasteiger partial charge >= 0.3 is 0 Å². The fraction of sp³-hybridized carbons (Fsp3) is 0.538. The minimum absolute atomic E-state index is 0.0480. The third-order valence-corrected chi connectivity index (χ3v) is 2.98. The molecule has 0 aliphatic carbocycles. The summed E-state index contributed by atoms with van der Waals surface area (Å²) in [6.45, 7) is 8.59. The zero-order valence-corrected chi connectivity index (χ0v) is 10.5. The van der Waals surface area contributed by atoms with Crippen LogP contribution in [0.15, 0.2) is 12.1 Å². The predicted molar refractivity (Wildman–Crippen MR) is 69.4 cm³/mol. The molecule has 90 valence electrons. The molecule has 0 amide bonds. The van der Waals surface area contributed by atoms with Crippen molar-refractivity contribution in [1.82, 2.24) is 5.32 Å². The van der Waals surface area contributed by atoms with Gasteiger partial charge in [-0.05, 0) is 43.0 Å². The van der Waals surface area contributed by atoms with Crippen LogP contribution in [0.4, 0.5) is 0 Å². The highest BCUT2D eigenvalue weighted by Crippen LogP contribution is 2.14. The van der Waals surface area contributed by atoms with E-state index in [2.05, 4.69) is 38.2 Å². The molecule has 0 spiro atoms. The van der Waals surface area contributed by atoms with Crippen molar-refractivity contribution in [2.75, 3.05) is 13.1 Å². The molecule has 1 unspecified atom stereocenters. The van der Waals surface area contributed by atoms with Gasteiger partial charge in [0.15, 0.2) is 0 Å². The molecule has 1 rings (SSSR count). The van der Waals surface area contributed by atoms with Crippen LogP contribution in [0.5, 0.6) is 0 Å². The van der Waals surface area contributed by atoms with Crippen LogP contribution in [0.3, 0.4) is 0 Å². The first kappa shape index (κ1) is 13.2. The zero-order chi connectivity index (χ0) is 12.1. The summed E-state index contributed by atoms with van der Waals surface area (Å²) in [7, 11) is 0. The van der Waals surface area contributed by atoms with Gasteiger partial charge in [0.2, 0.25) is 0 Å². The van der Waals surface area contributed by atoms with Crippen molar-refractivity contribution in [3.8, 4) is 0 Å². The van der Waals surface area contributed by atoms with Crippen molar-refractivity contribution in [2.45, 2.75) is 33.4 Å². The summed E-state index contributed by atoms with van der Waals surface area (Å²) in [4.78, 5) is 0. The summed E-state index contributed by atoms with van der Waals surface area (Å²) in [6, 6.07) is 4.52. The normalized spacial score (nSPS) is 12.8. The first-order valence-electron chi connectivity index (χ1n) is 5.77. The maximum atomic E-state index is 5.74. The molecule has 0 heterocycles. The van der Waals surface area contributed by atoms with Crippen molar-refractivity contribution in [1.29, 1.82) is 0 Å². The van der Waals surface area contributed by atoms with Crippen LogP contribution < -0.4 is 16.8 Å². The molecule has 0 saturated heterocycles. The number of nitrogens with one attached hydrogen (secondary N) is 1. The molecule has 3 nitrogen and oxygen atoms in total. The monoisotopic (exact) mass is 221 g/mol. The minimum Gasteiger partial charge on any atom is -0.329 e. The van der Waals surface area contributed by atoms with Gasteiger partial charge in [0.05, 0.1) is 0 Å². The fourth-order valence-corrected chi connectivity index (χ4v) is 1.69. The lowest BCUT2D eigenvalue weighted by Crippen LogP contribution is -2.39. The molecule has 16 heavy (non-hydrogen) atoms. The molecule has 3 heteroatoms. The predicted octanol–water partition coefficient (Wildman–Crippen LogP) is 0.987. The summed E-state index contributed by atoms with van der Waals surface area (Å²) < 4.78 is 0. The lowest BCUT2D eigenvalue weighted by Gasteiger charge is -2.13. The van der Waals surface area contributed by atoms with E-state index in [1.54, 1.807) is 0 Å². The van der Waals surface area contributed by atoms with Gasteiger partial charge in [-0.3, -0.25) is 0 Å². The van der Waals surface area contributed by atoms with E-state index in [-0.39, 0.29) is 6.04 Å². The smallest absolute Gasteiger partial charge is 0.0290 e. The van der Waals surface area contributed by atoms with E-state index in [9.17, 15) is 0 Å². The maximum Gasteiger partial charge on any atom is 0.0290 e. The highest BCUT2D eigenvalue weighted by atomic mass is 14.9. The Morgan fingerprint density at radius 1 is 1.12 bits per heavy atom. The summed E-state index contributed by atoms with van der Waals surface area (Å²) in [5.41, 5.74) is 16.6. The molecule has 1 aromatic rings. The Hall–Kier alpha value is -0.900. The van der Waals surface area contributed by atoms with Gasteiger partial charge in [0.25, 0.3) is 0 Å². The van der Waals surface area contributed by atoms with E-state index >= 15 is 0 Å². The van der Waals surface area contributed by atoms with Crippen molar-refractivity contribution in [2.24, 2.45) is 11.5 Å². The number of aryl methyl sites for hydroxylation is 3. The first-order valence-corrected chi connectivity index (χ1v) is 5.77. The Labute approximate surface area is 98.2 Å². The van der Waals surface area contributed by atoms with Crippen LogP contribution in [0, 0.1) is 20.8 Å². The Morgan fingerprint density at radius 3 is 2.38 bits per heavy atom. The fourth-order valence-electron chi connectivity index (χ4n) is 1.69. The number of hydrogen-bond acceptors (Lipinski definition) is 3. The van der Waals surface area contributed by atoms with Crippen molar-refractivity contribution < 1.29 is 0 Å². The Kier molecular flexibility index (Phi) is 4.93. The summed E-state index contributed by atoms with van der Waals surface area (Å²) in [5, 5.41) is 3.33. The molecule has 5 N–H and O–H groups in total. The second-order valence-corrected chi connectivity index (χ2v) is 4.49. The molecule has 0 radical (unpaired) electrons. The van der Waals surface area contributed by atoms with Crippen molar-refractivity contribution in [3.63, 3.8) is 0 Å². The van der Waals surface area contributed by atoms with Crippen LogP contribution in [-0.4, -0.2) is 19.1 Å². The standard InChI is InChI=1S/C13H23N3/c1-9-4-11(3)12(5-10(9)2)7-16-8-13(15)6-14/h4-5,13,16H,6-8,14-15H2,1-3H3. The van der Waals surface area contributed by atoms with E-state index < -0.39 is 0 Å². The van der Waals surface area contributed by atoms with E-state index in [1.807, 2.05) is 0 Å². The van der Waals surface area contributed by atoms with E-state index in [4.69, 9.17) is 11.5 Å².